The molecule has 1 aromatic carbocycles. The minimum atomic E-state index is -0.174. The lowest BCUT2D eigenvalue weighted by molar-refractivity contribution is -0.148. The molecule has 2 aliphatic heterocycles. The summed E-state index contributed by atoms with van der Waals surface area (Å²) in [5, 5.41) is 0.730. The summed E-state index contributed by atoms with van der Waals surface area (Å²) in [5.74, 6) is 3.70. The second-order valence-electron chi connectivity index (χ2n) is 10.1. The fourth-order valence-electron chi connectivity index (χ4n) is 5.21. The van der Waals surface area contributed by atoms with Crippen molar-refractivity contribution >= 4 is 23.4 Å². The normalized spacial score (nSPS) is 22.9. The average Bonchev–Trinajstić information content (AvgIpc) is 3.58. The largest absolute Gasteiger partial charge is 0.474 e. The Morgan fingerprint density at radius 1 is 1.09 bits per heavy atom. The molecule has 6 nitrogen and oxygen atoms in total. The zero-order valence-electron chi connectivity index (χ0n) is 20.1. The molecule has 3 fully saturated rings. The first-order valence-corrected chi connectivity index (χ1v) is 12.6. The van der Waals surface area contributed by atoms with Crippen LogP contribution in [0.1, 0.15) is 42.4 Å². The minimum absolute atomic E-state index is 0.0814. The Morgan fingerprint density at radius 2 is 1.80 bits per heavy atom. The Kier molecular flexibility index (Phi) is 6.46. The number of amides is 2. The van der Waals surface area contributed by atoms with Crippen LogP contribution in [0.5, 0.6) is 5.88 Å². The zero-order valence-corrected chi connectivity index (χ0v) is 20.9. The van der Waals surface area contributed by atoms with Crippen molar-refractivity contribution in [1.82, 2.24) is 14.8 Å². The Morgan fingerprint density at radius 3 is 2.43 bits per heavy atom. The maximum Gasteiger partial charge on any atom is 0.229 e. The number of pyridine rings is 1. The summed E-state index contributed by atoms with van der Waals surface area (Å²) in [6, 6.07) is 9.68. The topological polar surface area (TPSA) is 62.7 Å². The number of likely N-dealkylation sites (tertiary alicyclic amines) is 2. The van der Waals surface area contributed by atoms with Crippen molar-refractivity contribution in [1.29, 1.82) is 0 Å². The highest BCUT2D eigenvalue weighted by molar-refractivity contribution is 6.31. The third-order valence-electron chi connectivity index (χ3n) is 7.57. The van der Waals surface area contributed by atoms with Crippen molar-refractivity contribution in [2.24, 2.45) is 17.8 Å². The van der Waals surface area contributed by atoms with Crippen LogP contribution in [0.25, 0.3) is 0 Å². The van der Waals surface area contributed by atoms with Gasteiger partial charge in [0.2, 0.25) is 17.7 Å². The molecule has 182 valence electrons. The summed E-state index contributed by atoms with van der Waals surface area (Å²) in [6.07, 6.45) is 8.86. The number of carbonyl (C=O) groups is 2. The van der Waals surface area contributed by atoms with Gasteiger partial charge in [0.15, 0.2) is 0 Å². The first kappa shape index (κ1) is 23.7. The van der Waals surface area contributed by atoms with E-state index in [-0.39, 0.29) is 41.6 Å². The lowest BCUT2D eigenvalue weighted by Crippen LogP contribution is -2.56. The standard InChI is InChI=1S/C28H30ClN3O3/c1-4-19-5-10-26(30-12-19)35-18(3)23-15-32(16-24(23)21-8-9-25(29)17(2)11-21)28(34)22-13-31(14-22)27(33)20-6-7-20/h1,5,8-12,18,20,22-24H,6-7,13-16H2,2-3H3/t18-,23?,24+/m0/s1. The summed E-state index contributed by atoms with van der Waals surface area (Å²) in [7, 11) is 0. The van der Waals surface area contributed by atoms with E-state index >= 15 is 0 Å². The number of rotatable bonds is 6. The van der Waals surface area contributed by atoms with Crippen molar-refractivity contribution < 1.29 is 14.3 Å². The van der Waals surface area contributed by atoms with E-state index in [0.29, 0.717) is 37.6 Å². The minimum Gasteiger partial charge on any atom is -0.474 e. The monoisotopic (exact) mass is 491 g/mol. The smallest absolute Gasteiger partial charge is 0.229 e. The molecule has 1 saturated carbocycles. The summed E-state index contributed by atoms with van der Waals surface area (Å²) in [6.45, 7) is 6.33. The van der Waals surface area contributed by atoms with E-state index in [1.165, 1.54) is 0 Å². The Bertz CT molecular complexity index is 1160. The molecule has 7 heteroatoms. The van der Waals surface area contributed by atoms with E-state index in [1.54, 1.807) is 12.3 Å². The molecule has 2 saturated heterocycles. The van der Waals surface area contributed by atoms with E-state index in [9.17, 15) is 9.59 Å². The van der Waals surface area contributed by atoms with Crippen LogP contribution in [-0.2, 0) is 9.59 Å². The van der Waals surface area contributed by atoms with Crippen LogP contribution < -0.4 is 4.74 Å². The van der Waals surface area contributed by atoms with Gasteiger partial charge in [-0.05, 0) is 49.9 Å². The lowest BCUT2D eigenvalue weighted by atomic mass is 9.85. The predicted octanol–water partition coefficient (Wildman–Crippen LogP) is 3.90. The highest BCUT2D eigenvalue weighted by atomic mass is 35.5. The van der Waals surface area contributed by atoms with Crippen LogP contribution >= 0.6 is 11.6 Å². The molecule has 0 N–H and O–H groups in total. The molecule has 2 amide bonds. The number of carbonyl (C=O) groups excluding carboxylic acids is 2. The van der Waals surface area contributed by atoms with E-state index < -0.39 is 0 Å². The first-order chi connectivity index (χ1) is 16.8. The molecule has 2 aromatic rings. The van der Waals surface area contributed by atoms with E-state index in [4.69, 9.17) is 22.8 Å². The number of benzene rings is 1. The van der Waals surface area contributed by atoms with Crippen LogP contribution in [0.2, 0.25) is 5.02 Å². The van der Waals surface area contributed by atoms with Gasteiger partial charge in [0, 0.05) is 66.8 Å². The van der Waals surface area contributed by atoms with Gasteiger partial charge < -0.3 is 14.5 Å². The molecule has 3 aliphatic rings. The molecule has 35 heavy (non-hydrogen) atoms. The van der Waals surface area contributed by atoms with Crippen LogP contribution in [0, 0.1) is 37.0 Å². The second-order valence-corrected chi connectivity index (χ2v) is 10.5. The number of hydrogen-bond donors (Lipinski definition) is 0. The van der Waals surface area contributed by atoms with E-state index in [1.807, 2.05) is 41.8 Å². The maximum atomic E-state index is 13.4. The van der Waals surface area contributed by atoms with Crippen molar-refractivity contribution in [3.05, 3.63) is 58.2 Å². The summed E-state index contributed by atoms with van der Waals surface area (Å²) in [4.78, 5) is 33.8. The van der Waals surface area contributed by atoms with Crippen molar-refractivity contribution in [2.45, 2.75) is 38.7 Å². The van der Waals surface area contributed by atoms with Crippen LogP contribution in [-0.4, -0.2) is 58.9 Å². The SMILES string of the molecule is C#Cc1ccc(O[C@@H](C)C2CN(C(=O)C3CN(C(=O)C4CC4)C3)C[C@@H]2c2ccc(Cl)c(C)c2)nc1. The Labute approximate surface area is 211 Å². The molecule has 5 rings (SSSR count). The maximum absolute atomic E-state index is 13.4. The summed E-state index contributed by atoms with van der Waals surface area (Å²) >= 11 is 6.29. The molecular formula is C28H30ClN3O3. The van der Waals surface area contributed by atoms with Gasteiger partial charge in [-0.25, -0.2) is 4.98 Å². The third kappa shape index (κ3) is 4.88. The fraction of sp³-hybridized carbons (Fsp3) is 0.464. The number of ether oxygens (including phenoxy) is 1. The van der Waals surface area contributed by atoms with Gasteiger partial charge >= 0.3 is 0 Å². The summed E-state index contributed by atoms with van der Waals surface area (Å²) in [5.41, 5.74) is 2.87. The van der Waals surface area contributed by atoms with Gasteiger partial charge in [0.25, 0.3) is 0 Å². The van der Waals surface area contributed by atoms with Gasteiger partial charge in [-0.1, -0.05) is 29.7 Å². The molecule has 1 aromatic heterocycles. The molecule has 3 heterocycles. The molecule has 0 bridgehead atoms. The quantitative estimate of drug-likeness (QED) is 0.575. The Hall–Kier alpha value is -3.04. The second kappa shape index (κ2) is 9.54. The number of nitrogens with zero attached hydrogens (tertiary/aromatic N) is 3. The molecule has 0 spiro atoms. The molecule has 0 radical (unpaired) electrons. The molecule has 1 aliphatic carbocycles. The number of terminal acetylenes is 1. The van der Waals surface area contributed by atoms with Gasteiger partial charge in [-0.2, -0.15) is 0 Å². The molecule has 1 unspecified atom stereocenters. The zero-order chi connectivity index (χ0) is 24.7. The Balaban J connectivity index is 1.31. The van der Waals surface area contributed by atoms with Crippen molar-refractivity contribution in [3.63, 3.8) is 0 Å². The van der Waals surface area contributed by atoms with E-state index in [0.717, 1.165) is 29.0 Å². The lowest BCUT2D eigenvalue weighted by Gasteiger charge is -2.40. The van der Waals surface area contributed by atoms with Gasteiger partial charge in [0.1, 0.15) is 6.10 Å². The number of aromatic nitrogens is 1. The molecular weight excluding hydrogens is 462 g/mol. The fourth-order valence-corrected chi connectivity index (χ4v) is 5.33. The third-order valence-corrected chi connectivity index (χ3v) is 7.99. The van der Waals surface area contributed by atoms with Crippen molar-refractivity contribution in [3.8, 4) is 18.2 Å². The highest BCUT2D eigenvalue weighted by Crippen LogP contribution is 2.39. The van der Waals surface area contributed by atoms with E-state index in [2.05, 4.69) is 17.0 Å². The average molecular weight is 492 g/mol. The molecule has 3 atom stereocenters. The van der Waals surface area contributed by atoms with Crippen LogP contribution in [0.3, 0.4) is 0 Å². The van der Waals surface area contributed by atoms with Gasteiger partial charge in [-0.15, -0.1) is 6.42 Å². The number of hydrogen-bond acceptors (Lipinski definition) is 4. The van der Waals surface area contributed by atoms with Crippen LogP contribution in [0.15, 0.2) is 36.5 Å². The van der Waals surface area contributed by atoms with Gasteiger partial charge in [-0.3, -0.25) is 9.59 Å². The highest BCUT2D eigenvalue weighted by Gasteiger charge is 2.46. The number of aryl methyl sites for hydroxylation is 1. The van der Waals surface area contributed by atoms with Gasteiger partial charge in [0.05, 0.1) is 5.92 Å². The predicted molar refractivity (Wildman–Crippen MR) is 134 cm³/mol. The first-order valence-electron chi connectivity index (χ1n) is 12.3. The number of halogens is 1. The van der Waals surface area contributed by atoms with Crippen LogP contribution in [0.4, 0.5) is 0 Å². The van der Waals surface area contributed by atoms with Crippen molar-refractivity contribution in [2.75, 3.05) is 26.2 Å². The summed E-state index contributed by atoms with van der Waals surface area (Å²) < 4.78 is 6.22.